The molecule has 0 spiro atoms. The highest BCUT2D eigenvalue weighted by molar-refractivity contribution is 6.32. The summed E-state index contributed by atoms with van der Waals surface area (Å²) in [5, 5.41) is 3.81. The minimum absolute atomic E-state index is 0.575. The lowest BCUT2D eigenvalue weighted by atomic mass is 10.3. The van der Waals surface area contributed by atoms with Gasteiger partial charge in [0.2, 0.25) is 0 Å². The van der Waals surface area contributed by atoms with Crippen LogP contribution in [-0.2, 0) is 0 Å². The molecule has 0 bridgehead atoms. The van der Waals surface area contributed by atoms with E-state index in [-0.39, 0.29) is 0 Å². The van der Waals surface area contributed by atoms with Gasteiger partial charge in [0, 0.05) is 39.3 Å². The van der Waals surface area contributed by atoms with E-state index in [1.54, 1.807) is 6.20 Å². The fourth-order valence-electron chi connectivity index (χ4n) is 1.85. The Hall–Kier alpha value is -0.910. The van der Waals surface area contributed by atoms with Gasteiger partial charge in [-0.3, -0.25) is 4.90 Å². The number of likely N-dealkylation sites (N-methyl/N-ethyl adjacent to an activating group) is 1. The van der Waals surface area contributed by atoms with E-state index < -0.39 is 0 Å². The molecule has 1 aromatic heterocycles. The van der Waals surface area contributed by atoms with Gasteiger partial charge < -0.3 is 10.2 Å². The van der Waals surface area contributed by atoms with E-state index in [1.165, 1.54) is 6.33 Å². The second-order valence-electron chi connectivity index (χ2n) is 4.29. The third-order valence-electron chi connectivity index (χ3n) is 2.98. The van der Waals surface area contributed by atoms with Crippen molar-refractivity contribution in [1.29, 1.82) is 0 Å². The normalized spacial score (nSPS) is 18.2. The molecular weight excluding hydrogens is 238 g/mol. The van der Waals surface area contributed by atoms with Crippen molar-refractivity contribution in [2.24, 2.45) is 0 Å². The van der Waals surface area contributed by atoms with Crippen molar-refractivity contribution in [3.05, 3.63) is 17.5 Å². The maximum Gasteiger partial charge on any atom is 0.148 e. The van der Waals surface area contributed by atoms with Crippen LogP contribution in [0, 0.1) is 0 Å². The molecule has 1 aliphatic heterocycles. The Morgan fingerprint density at radius 2 is 2.12 bits per heavy atom. The summed E-state index contributed by atoms with van der Waals surface area (Å²) in [7, 11) is 2.16. The van der Waals surface area contributed by atoms with Crippen LogP contribution in [-0.4, -0.2) is 66.1 Å². The van der Waals surface area contributed by atoms with Crippen molar-refractivity contribution in [1.82, 2.24) is 19.8 Å². The first-order valence-electron chi connectivity index (χ1n) is 5.86. The Balaban J connectivity index is 1.71. The maximum atomic E-state index is 5.96. The highest BCUT2D eigenvalue weighted by Crippen LogP contribution is 2.15. The first kappa shape index (κ1) is 12.5. The number of halogens is 1. The highest BCUT2D eigenvalue weighted by Gasteiger charge is 2.12. The molecule has 1 saturated heterocycles. The number of hydrogen-bond donors (Lipinski definition) is 1. The van der Waals surface area contributed by atoms with E-state index >= 15 is 0 Å². The molecule has 0 saturated carbocycles. The minimum Gasteiger partial charge on any atom is -0.367 e. The molecule has 6 heteroatoms. The zero-order valence-corrected chi connectivity index (χ0v) is 10.8. The molecule has 1 aliphatic rings. The topological polar surface area (TPSA) is 44.3 Å². The molecular formula is C11H18ClN5. The quantitative estimate of drug-likeness (QED) is 0.862. The molecule has 1 N–H and O–H groups in total. The number of aromatic nitrogens is 2. The summed E-state index contributed by atoms with van der Waals surface area (Å²) in [6.07, 6.45) is 3.11. The molecule has 0 aromatic carbocycles. The van der Waals surface area contributed by atoms with Crippen molar-refractivity contribution in [2.45, 2.75) is 0 Å². The molecule has 0 aliphatic carbocycles. The highest BCUT2D eigenvalue weighted by atomic mass is 35.5. The van der Waals surface area contributed by atoms with Crippen LogP contribution < -0.4 is 5.32 Å². The van der Waals surface area contributed by atoms with Crippen LogP contribution in [0.3, 0.4) is 0 Å². The Morgan fingerprint density at radius 1 is 1.35 bits per heavy atom. The Bertz CT molecular complexity index is 351. The van der Waals surface area contributed by atoms with Gasteiger partial charge in [-0.1, -0.05) is 11.6 Å². The summed E-state index contributed by atoms with van der Waals surface area (Å²) in [4.78, 5) is 12.7. The van der Waals surface area contributed by atoms with Gasteiger partial charge in [-0.15, -0.1) is 0 Å². The first-order valence-corrected chi connectivity index (χ1v) is 6.24. The predicted molar refractivity (Wildman–Crippen MR) is 69.5 cm³/mol. The number of hydrogen-bond acceptors (Lipinski definition) is 5. The van der Waals surface area contributed by atoms with Gasteiger partial charge in [-0.2, -0.15) is 0 Å². The van der Waals surface area contributed by atoms with Crippen molar-refractivity contribution < 1.29 is 0 Å². The van der Waals surface area contributed by atoms with E-state index in [0.717, 1.165) is 45.1 Å². The SMILES string of the molecule is CN1CCN(CCNc2ncncc2Cl)CC1. The lowest BCUT2D eigenvalue weighted by molar-refractivity contribution is 0.158. The molecule has 0 radical (unpaired) electrons. The summed E-state index contributed by atoms with van der Waals surface area (Å²) >= 11 is 5.96. The average molecular weight is 256 g/mol. The standard InChI is InChI=1S/C11H18ClN5/c1-16-4-6-17(7-5-16)3-2-14-11-10(12)8-13-9-15-11/h8-9H,2-7H2,1H3,(H,13,14,15). The van der Waals surface area contributed by atoms with Gasteiger partial charge in [0.25, 0.3) is 0 Å². The molecule has 1 aromatic rings. The van der Waals surface area contributed by atoms with E-state index in [9.17, 15) is 0 Å². The smallest absolute Gasteiger partial charge is 0.148 e. The van der Waals surface area contributed by atoms with Crippen LogP contribution in [0.1, 0.15) is 0 Å². The second-order valence-corrected chi connectivity index (χ2v) is 4.70. The summed E-state index contributed by atoms with van der Waals surface area (Å²) in [6, 6.07) is 0. The van der Waals surface area contributed by atoms with Crippen LogP contribution >= 0.6 is 11.6 Å². The van der Waals surface area contributed by atoms with Crippen LogP contribution in [0.5, 0.6) is 0 Å². The average Bonchev–Trinajstić information content (AvgIpc) is 2.34. The van der Waals surface area contributed by atoms with Gasteiger partial charge in [0.05, 0.1) is 6.20 Å². The van der Waals surface area contributed by atoms with Crippen LogP contribution in [0.4, 0.5) is 5.82 Å². The van der Waals surface area contributed by atoms with Crippen molar-refractivity contribution >= 4 is 17.4 Å². The molecule has 0 unspecified atom stereocenters. The number of nitrogens with zero attached hydrogens (tertiary/aromatic N) is 4. The zero-order valence-electron chi connectivity index (χ0n) is 10.1. The largest absolute Gasteiger partial charge is 0.367 e. The molecule has 17 heavy (non-hydrogen) atoms. The lowest BCUT2D eigenvalue weighted by Crippen LogP contribution is -2.45. The van der Waals surface area contributed by atoms with E-state index in [4.69, 9.17) is 11.6 Å². The van der Waals surface area contributed by atoms with E-state index in [2.05, 4.69) is 32.1 Å². The molecule has 1 fully saturated rings. The Kier molecular flexibility index (Phi) is 4.53. The summed E-state index contributed by atoms with van der Waals surface area (Å²) < 4.78 is 0. The maximum absolute atomic E-state index is 5.96. The van der Waals surface area contributed by atoms with Crippen molar-refractivity contribution in [3.63, 3.8) is 0 Å². The van der Waals surface area contributed by atoms with Crippen LogP contribution in [0.25, 0.3) is 0 Å². The summed E-state index contributed by atoms with van der Waals surface area (Å²) in [5.41, 5.74) is 0. The molecule has 0 atom stereocenters. The first-order chi connectivity index (χ1) is 8.25. The second kappa shape index (κ2) is 6.14. The van der Waals surface area contributed by atoms with Gasteiger partial charge >= 0.3 is 0 Å². The zero-order chi connectivity index (χ0) is 12.1. The summed E-state index contributed by atoms with van der Waals surface area (Å²) in [6.45, 7) is 6.45. The van der Waals surface area contributed by atoms with Crippen LogP contribution in [0.15, 0.2) is 12.5 Å². The van der Waals surface area contributed by atoms with Gasteiger partial charge in [0.1, 0.15) is 17.2 Å². The van der Waals surface area contributed by atoms with Gasteiger partial charge in [0.15, 0.2) is 0 Å². The lowest BCUT2D eigenvalue weighted by Gasteiger charge is -2.32. The summed E-state index contributed by atoms with van der Waals surface area (Å²) in [5.74, 6) is 0.718. The Labute approximate surface area is 107 Å². The number of nitrogens with one attached hydrogen (secondary N) is 1. The molecule has 2 heterocycles. The van der Waals surface area contributed by atoms with Crippen molar-refractivity contribution in [2.75, 3.05) is 51.6 Å². The number of rotatable bonds is 4. The minimum atomic E-state index is 0.575. The molecule has 94 valence electrons. The monoisotopic (exact) mass is 255 g/mol. The third-order valence-corrected chi connectivity index (χ3v) is 3.26. The van der Waals surface area contributed by atoms with E-state index in [1.807, 2.05) is 0 Å². The number of anilines is 1. The number of piperazine rings is 1. The molecule has 2 rings (SSSR count). The third kappa shape index (κ3) is 3.80. The fourth-order valence-corrected chi connectivity index (χ4v) is 2.02. The van der Waals surface area contributed by atoms with Crippen molar-refractivity contribution in [3.8, 4) is 0 Å². The van der Waals surface area contributed by atoms with Gasteiger partial charge in [-0.05, 0) is 7.05 Å². The van der Waals surface area contributed by atoms with Crippen LogP contribution in [0.2, 0.25) is 5.02 Å². The van der Waals surface area contributed by atoms with E-state index in [0.29, 0.717) is 5.02 Å². The fraction of sp³-hybridized carbons (Fsp3) is 0.636. The molecule has 0 amide bonds. The van der Waals surface area contributed by atoms with Gasteiger partial charge in [-0.25, -0.2) is 9.97 Å². The predicted octanol–water partition coefficient (Wildman–Crippen LogP) is 0.789. The Morgan fingerprint density at radius 3 is 2.82 bits per heavy atom. The molecule has 5 nitrogen and oxygen atoms in total.